The summed E-state index contributed by atoms with van der Waals surface area (Å²) in [6.45, 7) is 5.54. The second-order valence-corrected chi connectivity index (χ2v) is 15.5. The number of benzene rings is 3. The van der Waals surface area contributed by atoms with Crippen molar-refractivity contribution in [2.75, 3.05) is 50.7 Å². The van der Waals surface area contributed by atoms with E-state index in [1.165, 1.54) is 33.3 Å². The number of hydrogen-bond acceptors (Lipinski definition) is 4. The lowest BCUT2D eigenvalue weighted by atomic mass is 9.82. The maximum Gasteiger partial charge on any atom is 0.243 e. The monoisotopic (exact) mass is 608 g/mol. The van der Waals surface area contributed by atoms with Crippen LogP contribution in [-0.4, -0.2) is 58.5 Å². The molecule has 1 unspecified atom stereocenters. The molecule has 1 fully saturated rings. The number of nitrogens with zero attached hydrogens (tertiary/aromatic N) is 3. The fraction of sp³-hybridized carbons (Fsp3) is 0.472. The summed E-state index contributed by atoms with van der Waals surface area (Å²) in [7, 11) is -3.76. The van der Waals surface area contributed by atoms with E-state index in [4.69, 9.17) is 10.5 Å². The SMILES string of the molecule is [NH-]CC1CCN(S(=O)(=O)c2ccccc2C2=c3cc4c5c(c3Oc3c2cc2c6c3CCCN6CCC2)CCC[N+]=5CCC4)C1. The van der Waals surface area contributed by atoms with Gasteiger partial charge in [-0.15, -0.1) is 6.54 Å². The molecule has 7 nitrogen and oxygen atoms in total. The first-order valence-electron chi connectivity index (χ1n) is 16.7. The summed E-state index contributed by atoms with van der Waals surface area (Å²) >= 11 is 0. The van der Waals surface area contributed by atoms with Crippen molar-refractivity contribution in [3.8, 4) is 11.5 Å². The van der Waals surface area contributed by atoms with Crippen LogP contribution in [0, 0.1) is 5.92 Å². The molecular weight excluding hydrogens is 568 g/mol. The summed E-state index contributed by atoms with van der Waals surface area (Å²) in [4.78, 5) is 2.93. The van der Waals surface area contributed by atoms with Crippen LogP contribution in [-0.2, 0) is 35.7 Å². The van der Waals surface area contributed by atoms with Crippen LogP contribution in [0.5, 0.6) is 11.5 Å². The van der Waals surface area contributed by atoms with E-state index in [2.05, 4.69) is 21.6 Å². The van der Waals surface area contributed by atoms with Crippen LogP contribution in [0.4, 0.5) is 5.69 Å². The first kappa shape index (κ1) is 27.1. The summed E-state index contributed by atoms with van der Waals surface area (Å²) in [5, 5.41) is 2.43. The molecule has 0 radical (unpaired) electrons. The number of anilines is 1. The molecule has 0 bridgehead atoms. The normalized spacial score (nSPS) is 22.2. The second kappa shape index (κ2) is 10.2. The standard InChI is InChI=1S/C36H40N4O3S/c37-21-23-13-18-40(22-23)44(41,42)31-12-2-1-9-26(31)32-29-19-24-7-3-14-38-16-5-10-27(33(24)38)35(29)43-36-28-11-6-17-39-15-4-8-25(34(28)39)20-30(32)36/h1-2,9,12,19-20,23,37H,3-8,10-11,13-18,21-22H2. The molecule has 0 aliphatic carbocycles. The highest BCUT2D eigenvalue weighted by molar-refractivity contribution is 7.89. The molecule has 0 aromatic heterocycles. The van der Waals surface area contributed by atoms with E-state index in [0.717, 1.165) is 117 Å². The van der Waals surface area contributed by atoms with E-state index in [-0.39, 0.29) is 12.5 Å². The van der Waals surface area contributed by atoms with Crippen LogP contribution in [0.25, 0.3) is 11.3 Å². The van der Waals surface area contributed by atoms with Crippen molar-refractivity contribution in [1.82, 2.24) is 8.88 Å². The average molecular weight is 609 g/mol. The second-order valence-electron chi connectivity index (χ2n) is 13.6. The molecule has 1 atom stereocenters. The van der Waals surface area contributed by atoms with E-state index in [9.17, 15) is 8.42 Å². The lowest BCUT2D eigenvalue weighted by molar-refractivity contribution is 0.431. The van der Waals surface area contributed by atoms with E-state index < -0.39 is 10.0 Å². The van der Waals surface area contributed by atoms with Gasteiger partial charge in [0, 0.05) is 77.8 Å². The number of ether oxygens (including phenoxy) is 1. The van der Waals surface area contributed by atoms with Crippen LogP contribution in [0.1, 0.15) is 65.5 Å². The summed E-state index contributed by atoms with van der Waals surface area (Å²) in [6.07, 6.45) is 9.30. The van der Waals surface area contributed by atoms with Gasteiger partial charge in [-0.3, -0.25) is 0 Å². The molecule has 3 aromatic carbocycles. The lowest BCUT2D eigenvalue weighted by Gasteiger charge is -2.39. The maximum absolute atomic E-state index is 14.4. The third-order valence-corrected chi connectivity index (χ3v) is 12.9. The minimum Gasteiger partial charge on any atom is -0.677 e. The summed E-state index contributed by atoms with van der Waals surface area (Å²) in [5.74, 6) is 1.99. The van der Waals surface area contributed by atoms with Crippen molar-refractivity contribution in [1.29, 1.82) is 0 Å². The van der Waals surface area contributed by atoms with E-state index in [1.54, 1.807) is 10.4 Å². The highest BCUT2D eigenvalue weighted by Crippen LogP contribution is 2.49. The van der Waals surface area contributed by atoms with Gasteiger partial charge in [0.25, 0.3) is 0 Å². The molecule has 9 rings (SSSR count). The van der Waals surface area contributed by atoms with Gasteiger partial charge in [0.05, 0.1) is 10.5 Å². The van der Waals surface area contributed by atoms with Gasteiger partial charge < -0.3 is 15.4 Å². The highest BCUT2D eigenvalue weighted by Gasteiger charge is 2.38. The first-order chi connectivity index (χ1) is 21.5. The van der Waals surface area contributed by atoms with Crippen LogP contribution in [0.15, 0.2) is 41.3 Å². The van der Waals surface area contributed by atoms with E-state index in [0.29, 0.717) is 18.0 Å². The Bertz CT molecular complexity index is 1960. The highest BCUT2D eigenvalue weighted by atomic mass is 32.2. The van der Waals surface area contributed by atoms with Crippen molar-refractivity contribution in [3.63, 3.8) is 0 Å². The summed E-state index contributed by atoms with van der Waals surface area (Å²) < 4.78 is 40.2. The molecule has 6 aliphatic rings. The van der Waals surface area contributed by atoms with Crippen molar-refractivity contribution in [3.05, 3.63) is 86.1 Å². The average Bonchev–Trinajstić information content (AvgIpc) is 3.55. The van der Waals surface area contributed by atoms with Gasteiger partial charge in [-0.25, -0.2) is 13.0 Å². The molecule has 44 heavy (non-hydrogen) atoms. The molecule has 1 N–H and O–H groups in total. The fourth-order valence-electron chi connectivity index (χ4n) is 9.02. The van der Waals surface area contributed by atoms with Crippen molar-refractivity contribution in [2.45, 2.75) is 62.7 Å². The molecule has 3 aromatic rings. The predicted octanol–water partition coefficient (Wildman–Crippen LogP) is 4.18. The molecule has 6 aliphatic heterocycles. The van der Waals surface area contributed by atoms with Crippen LogP contribution in [0.3, 0.4) is 0 Å². The van der Waals surface area contributed by atoms with Gasteiger partial charge in [-0.2, -0.15) is 4.31 Å². The Morgan fingerprint density at radius 1 is 0.864 bits per heavy atom. The van der Waals surface area contributed by atoms with Gasteiger partial charge in [0.2, 0.25) is 15.4 Å². The predicted molar refractivity (Wildman–Crippen MR) is 173 cm³/mol. The third-order valence-electron chi connectivity index (χ3n) is 11.0. The van der Waals surface area contributed by atoms with E-state index >= 15 is 0 Å². The molecule has 6 heterocycles. The Morgan fingerprint density at radius 2 is 1.64 bits per heavy atom. The zero-order chi connectivity index (χ0) is 29.6. The summed E-state index contributed by atoms with van der Waals surface area (Å²) in [6, 6.07) is 12.4. The van der Waals surface area contributed by atoms with Crippen molar-refractivity contribution >= 4 is 21.3 Å². The minimum atomic E-state index is -3.76. The number of fused-ring (bicyclic) bond motifs is 4. The molecule has 0 saturated carbocycles. The number of nitrogens with one attached hydrogen (secondary N) is 1. The van der Waals surface area contributed by atoms with Crippen molar-refractivity contribution < 1.29 is 13.2 Å². The molecule has 8 heteroatoms. The molecule has 0 spiro atoms. The largest absolute Gasteiger partial charge is 0.677 e. The van der Waals surface area contributed by atoms with Gasteiger partial charge in [-0.05, 0) is 74.6 Å². The fourth-order valence-corrected chi connectivity index (χ4v) is 10.8. The Balaban J connectivity index is 1.37. The minimum absolute atomic E-state index is 0.0965. The molecule has 228 valence electrons. The molecule has 1 saturated heterocycles. The number of rotatable bonds is 4. The zero-order valence-corrected chi connectivity index (χ0v) is 26.1. The number of sulfonamides is 1. The topological polar surface area (TPSA) is 76.7 Å². The quantitative estimate of drug-likeness (QED) is 0.326. The van der Waals surface area contributed by atoms with Crippen molar-refractivity contribution in [2.24, 2.45) is 5.92 Å². The number of aryl methyl sites for hydroxylation is 2. The van der Waals surface area contributed by atoms with E-state index in [1.807, 2.05) is 18.2 Å². The van der Waals surface area contributed by atoms with Crippen LogP contribution >= 0.6 is 0 Å². The third kappa shape index (κ3) is 3.93. The zero-order valence-electron chi connectivity index (χ0n) is 25.3. The van der Waals surface area contributed by atoms with Gasteiger partial charge in [-0.1, -0.05) is 18.2 Å². The Morgan fingerprint density at radius 3 is 2.48 bits per heavy atom. The molecule has 0 amide bonds. The van der Waals surface area contributed by atoms with Gasteiger partial charge in [0.1, 0.15) is 24.6 Å². The summed E-state index contributed by atoms with van der Waals surface area (Å²) in [5.41, 5.74) is 17.5. The maximum atomic E-state index is 14.4. The number of hydrogen-bond donors (Lipinski definition) is 0. The van der Waals surface area contributed by atoms with Crippen LogP contribution in [0.2, 0.25) is 0 Å². The van der Waals surface area contributed by atoms with Crippen LogP contribution < -0.4 is 24.8 Å². The Labute approximate surface area is 259 Å². The smallest absolute Gasteiger partial charge is 0.243 e. The first-order valence-corrected chi connectivity index (χ1v) is 18.1. The van der Waals surface area contributed by atoms with Gasteiger partial charge >= 0.3 is 0 Å². The molecular formula is C36H40N4O3S. The lowest BCUT2D eigenvalue weighted by Crippen LogP contribution is -2.45. The Kier molecular flexibility index (Phi) is 6.27. The van der Waals surface area contributed by atoms with Gasteiger partial charge in [0.15, 0.2) is 0 Å². The Hall–Kier alpha value is -3.20.